The quantitative estimate of drug-likeness (QED) is 0.287. The summed E-state index contributed by atoms with van der Waals surface area (Å²) in [5.74, 6) is 1.82. The summed E-state index contributed by atoms with van der Waals surface area (Å²) in [4.78, 5) is 12.4. The molecule has 182 valence electrons. The third-order valence-corrected chi connectivity index (χ3v) is 6.98. The fourth-order valence-corrected chi connectivity index (χ4v) is 5.20. The zero-order valence-corrected chi connectivity index (χ0v) is 20.6. The molecule has 1 saturated carbocycles. The van der Waals surface area contributed by atoms with Gasteiger partial charge in [0, 0.05) is 24.7 Å². The molecular formula is C28H36N2O4. The average molecular weight is 465 g/mol. The Morgan fingerprint density at radius 2 is 2.03 bits per heavy atom. The van der Waals surface area contributed by atoms with Crippen LogP contribution < -0.4 is 5.01 Å². The molecule has 0 unspecified atom stereocenters. The Hall–Kier alpha value is -2.89. The van der Waals surface area contributed by atoms with E-state index >= 15 is 0 Å². The second kappa shape index (κ2) is 11.0. The molecule has 1 aliphatic carbocycles. The second-order valence-corrected chi connectivity index (χ2v) is 9.79. The predicted molar refractivity (Wildman–Crippen MR) is 134 cm³/mol. The van der Waals surface area contributed by atoms with Gasteiger partial charge in [-0.25, -0.2) is 0 Å². The van der Waals surface area contributed by atoms with Gasteiger partial charge >= 0.3 is 5.97 Å². The Labute approximate surface area is 202 Å². The van der Waals surface area contributed by atoms with E-state index in [0.29, 0.717) is 30.1 Å². The van der Waals surface area contributed by atoms with E-state index in [1.54, 1.807) is 6.26 Å². The van der Waals surface area contributed by atoms with Gasteiger partial charge in [-0.3, -0.25) is 9.80 Å². The number of hydrogen-bond donors (Lipinski definition) is 0. The van der Waals surface area contributed by atoms with Crippen LogP contribution in [-0.2, 0) is 14.0 Å². The summed E-state index contributed by atoms with van der Waals surface area (Å²) in [6, 6.07) is 13.4. The lowest BCUT2D eigenvalue weighted by Crippen LogP contribution is -2.37. The van der Waals surface area contributed by atoms with Crippen LogP contribution in [0.15, 0.2) is 58.2 Å². The van der Waals surface area contributed by atoms with Gasteiger partial charge in [0.15, 0.2) is 0 Å². The van der Waals surface area contributed by atoms with Crippen LogP contribution in [0.1, 0.15) is 65.1 Å². The number of ether oxygens (including phenoxy) is 1. The summed E-state index contributed by atoms with van der Waals surface area (Å²) < 4.78 is 17.5. The van der Waals surface area contributed by atoms with Crippen molar-refractivity contribution in [2.75, 3.05) is 11.6 Å². The fraction of sp³-hybridized carbons (Fsp3) is 0.536. The molecule has 1 aromatic carbocycles. The Morgan fingerprint density at radius 1 is 1.24 bits per heavy atom. The highest BCUT2D eigenvalue weighted by atomic mass is 16.5. The normalized spacial score (nSPS) is 27.4. The van der Waals surface area contributed by atoms with Gasteiger partial charge in [-0.2, -0.15) is 5.10 Å². The second-order valence-electron chi connectivity index (χ2n) is 9.79. The molecule has 4 rings (SSSR count). The van der Waals surface area contributed by atoms with Crippen molar-refractivity contribution in [3.05, 3.63) is 54.5 Å². The molecule has 34 heavy (non-hydrogen) atoms. The number of para-hydroxylation sites is 1. The molecular weight excluding hydrogens is 428 g/mol. The number of hydrogen-bond acceptors (Lipinski definition) is 5. The minimum Gasteiger partial charge on any atom is -0.469 e. The van der Waals surface area contributed by atoms with Crippen molar-refractivity contribution in [2.45, 2.75) is 71.4 Å². The van der Waals surface area contributed by atoms with E-state index in [1.165, 1.54) is 12.8 Å². The van der Waals surface area contributed by atoms with Gasteiger partial charge in [-0.1, -0.05) is 39.0 Å². The molecule has 6 heteroatoms. The summed E-state index contributed by atoms with van der Waals surface area (Å²) in [5.41, 5.74) is 1.60. The number of carbonyl (C=O) groups excluding carboxylic acids is 2. The molecule has 6 nitrogen and oxygen atoms in total. The number of rotatable bonds is 8. The Balaban J connectivity index is 1.70. The van der Waals surface area contributed by atoms with Crippen LogP contribution in [0.3, 0.4) is 0 Å². The number of benzene rings is 1. The Morgan fingerprint density at radius 3 is 2.71 bits per heavy atom. The standard InChI is InChI=1S/C28H36N2O4/c1-5-32-27(31)17-23-28(25-12-9-15-33-25)24(30(29-23)21-10-7-6-8-11-21)18-34-26-16-20(4)13-14-22(26)19(2)3/h6-12,15,19-20,22,24,26,28H,5,13-14,16-17H2,1-4H3/t20-,22+,24-,26-,28+/m0/s1. The van der Waals surface area contributed by atoms with Gasteiger partial charge in [0.25, 0.3) is 0 Å². The lowest BCUT2D eigenvalue weighted by Gasteiger charge is -2.32. The molecule has 2 aliphatic rings. The third-order valence-electron chi connectivity index (χ3n) is 6.98. The largest absolute Gasteiger partial charge is 0.469 e. The highest BCUT2D eigenvalue weighted by molar-refractivity contribution is 6.07. The van der Waals surface area contributed by atoms with Crippen molar-refractivity contribution in [3.63, 3.8) is 0 Å². The maximum absolute atomic E-state index is 12.4. The zero-order chi connectivity index (χ0) is 24.1. The van der Waals surface area contributed by atoms with E-state index < -0.39 is 0 Å². The van der Waals surface area contributed by atoms with Crippen LogP contribution in [0.25, 0.3) is 0 Å². The summed E-state index contributed by atoms with van der Waals surface area (Å²) in [5, 5.41) is 6.78. The molecule has 0 spiro atoms. The molecule has 0 radical (unpaired) electrons. The molecule has 1 aromatic heterocycles. The number of anilines is 1. The molecule has 0 bridgehead atoms. The van der Waals surface area contributed by atoms with E-state index in [0.717, 1.165) is 17.9 Å². The molecule has 1 fully saturated rings. The SMILES string of the molecule is CCOC(=O)CC1=NN(c2ccccc2)[C@@H]([C-]=[O+][C@H]2C[C@@H](C)CC[C@@H]2C(C)C)[C@@H]1c1ccco1. The van der Waals surface area contributed by atoms with Crippen LogP contribution in [0.5, 0.6) is 0 Å². The van der Waals surface area contributed by atoms with E-state index in [4.69, 9.17) is 18.7 Å². The Kier molecular flexibility index (Phi) is 7.86. The maximum Gasteiger partial charge on any atom is 0.311 e. The van der Waals surface area contributed by atoms with Crippen molar-refractivity contribution in [1.82, 2.24) is 0 Å². The van der Waals surface area contributed by atoms with E-state index in [2.05, 4.69) is 27.1 Å². The van der Waals surface area contributed by atoms with Crippen molar-refractivity contribution < 1.29 is 18.4 Å². The maximum atomic E-state index is 12.4. The van der Waals surface area contributed by atoms with Crippen molar-refractivity contribution >= 4 is 23.7 Å². The minimum absolute atomic E-state index is 0.0931. The first-order chi connectivity index (χ1) is 16.5. The first-order valence-electron chi connectivity index (χ1n) is 12.5. The van der Waals surface area contributed by atoms with Crippen LogP contribution >= 0.6 is 0 Å². The average Bonchev–Trinajstić information content (AvgIpc) is 3.46. The van der Waals surface area contributed by atoms with Crippen molar-refractivity contribution in [3.8, 4) is 0 Å². The van der Waals surface area contributed by atoms with Gasteiger partial charge in [0.05, 0.1) is 36.6 Å². The monoisotopic (exact) mass is 464 g/mol. The van der Waals surface area contributed by atoms with E-state index in [9.17, 15) is 4.79 Å². The van der Waals surface area contributed by atoms with Crippen LogP contribution in [0.4, 0.5) is 5.69 Å². The highest BCUT2D eigenvalue weighted by Gasteiger charge is 2.40. The first kappa shape index (κ1) is 24.2. The molecule has 1 aliphatic heterocycles. The predicted octanol–water partition coefficient (Wildman–Crippen LogP) is 5.67. The van der Waals surface area contributed by atoms with Gasteiger partial charge in [-0.15, -0.1) is 0 Å². The number of esters is 1. The van der Waals surface area contributed by atoms with Gasteiger partial charge < -0.3 is 13.6 Å². The lowest BCUT2D eigenvalue weighted by molar-refractivity contribution is -0.141. The topological polar surface area (TPSA) is 66.3 Å². The third kappa shape index (κ3) is 5.43. The highest BCUT2D eigenvalue weighted by Crippen LogP contribution is 2.37. The van der Waals surface area contributed by atoms with E-state index in [1.807, 2.05) is 54.4 Å². The first-order valence-corrected chi connectivity index (χ1v) is 12.5. The minimum atomic E-state index is -0.358. The Bertz CT molecular complexity index is 983. The van der Waals surface area contributed by atoms with Gasteiger partial charge in [0.2, 0.25) is 6.10 Å². The van der Waals surface area contributed by atoms with E-state index in [-0.39, 0.29) is 30.5 Å². The van der Waals surface area contributed by atoms with Gasteiger partial charge in [0.1, 0.15) is 5.76 Å². The number of carbonyl (C=O) groups is 1. The molecule has 2 heterocycles. The summed E-state index contributed by atoms with van der Waals surface area (Å²) in [7, 11) is 0. The van der Waals surface area contributed by atoms with Crippen LogP contribution in [-0.4, -0.2) is 36.7 Å². The van der Waals surface area contributed by atoms with Crippen LogP contribution in [0, 0.1) is 17.8 Å². The van der Waals surface area contributed by atoms with Crippen LogP contribution in [0.2, 0.25) is 0 Å². The summed E-state index contributed by atoms with van der Waals surface area (Å²) >= 11 is 0. The summed E-state index contributed by atoms with van der Waals surface area (Å²) in [6.07, 6.45) is 8.68. The fourth-order valence-electron chi connectivity index (χ4n) is 5.20. The zero-order valence-electron chi connectivity index (χ0n) is 20.6. The van der Waals surface area contributed by atoms with Gasteiger partial charge in [-0.05, 0) is 55.9 Å². The number of hydrazone groups is 1. The smallest absolute Gasteiger partial charge is 0.311 e. The number of nitrogens with zero attached hydrogens (tertiary/aromatic N) is 2. The van der Waals surface area contributed by atoms with Crippen molar-refractivity contribution in [2.24, 2.45) is 22.9 Å². The molecule has 0 amide bonds. The molecule has 5 atom stereocenters. The van der Waals surface area contributed by atoms with Crippen molar-refractivity contribution in [1.29, 1.82) is 0 Å². The molecule has 2 aromatic rings. The molecule has 0 saturated heterocycles. The number of furan rings is 1. The lowest BCUT2D eigenvalue weighted by atomic mass is 9.75. The molecule has 0 N–H and O–H groups in total. The summed E-state index contributed by atoms with van der Waals surface area (Å²) in [6.45, 7) is 8.99.